The maximum atomic E-state index is 4.43. The smallest absolute Gasteiger partial charge is 0.147 e. The minimum atomic E-state index is 0.587. The molecule has 0 saturated heterocycles. The van der Waals surface area contributed by atoms with E-state index in [0.29, 0.717) is 6.04 Å². The molecule has 1 N–H and O–H groups in total. The second-order valence-electron chi connectivity index (χ2n) is 5.06. The minimum Gasteiger partial charge on any atom is -0.366 e. The average Bonchev–Trinajstić information content (AvgIpc) is 2.89. The van der Waals surface area contributed by atoms with Crippen LogP contribution < -0.4 is 5.32 Å². The molecule has 2 aromatic rings. The van der Waals surface area contributed by atoms with E-state index >= 15 is 0 Å². The number of anilines is 1. The molecule has 2 heterocycles. The van der Waals surface area contributed by atoms with Crippen molar-refractivity contribution in [1.29, 1.82) is 0 Å². The maximum Gasteiger partial charge on any atom is 0.147 e. The standard InChI is InChI=1S/C14H19N3S/c1-2-10-5-3-4-6-11(10)17-14-13-12(7-8-18-13)15-9-16-14/h7-11H,2-6H2,1H3,(H,15,16,17). The van der Waals surface area contributed by atoms with Crippen LogP contribution in [0, 0.1) is 5.92 Å². The molecule has 1 saturated carbocycles. The van der Waals surface area contributed by atoms with E-state index in [0.717, 1.165) is 17.3 Å². The van der Waals surface area contributed by atoms with Gasteiger partial charge in [0.1, 0.15) is 12.1 Å². The van der Waals surface area contributed by atoms with Gasteiger partial charge in [0.25, 0.3) is 0 Å². The minimum absolute atomic E-state index is 0.587. The Kier molecular flexibility index (Phi) is 3.46. The third-order valence-corrected chi connectivity index (χ3v) is 4.91. The lowest BCUT2D eigenvalue weighted by atomic mass is 9.83. The van der Waals surface area contributed by atoms with Crippen LogP contribution in [0.2, 0.25) is 0 Å². The molecular formula is C14H19N3S. The zero-order chi connectivity index (χ0) is 12.4. The monoisotopic (exact) mass is 261 g/mol. The quantitative estimate of drug-likeness (QED) is 0.905. The Morgan fingerprint density at radius 1 is 1.33 bits per heavy atom. The molecule has 3 rings (SSSR count). The van der Waals surface area contributed by atoms with E-state index in [1.54, 1.807) is 17.7 Å². The van der Waals surface area contributed by atoms with Crippen LogP contribution in [-0.4, -0.2) is 16.0 Å². The highest BCUT2D eigenvalue weighted by molar-refractivity contribution is 7.17. The van der Waals surface area contributed by atoms with Crippen molar-refractivity contribution < 1.29 is 0 Å². The highest BCUT2D eigenvalue weighted by atomic mass is 32.1. The predicted octanol–water partition coefficient (Wildman–Crippen LogP) is 4.07. The number of aromatic nitrogens is 2. The number of hydrogen-bond acceptors (Lipinski definition) is 4. The molecule has 18 heavy (non-hydrogen) atoms. The largest absolute Gasteiger partial charge is 0.366 e. The Labute approximate surface area is 112 Å². The third kappa shape index (κ3) is 2.21. The number of nitrogens with zero attached hydrogens (tertiary/aromatic N) is 2. The molecule has 1 aliphatic rings. The molecule has 2 atom stereocenters. The van der Waals surface area contributed by atoms with Gasteiger partial charge in [0.2, 0.25) is 0 Å². The lowest BCUT2D eigenvalue weighted by Crippen LogP contribution is -2.32. The summed E-state index contributed by atoms with van der Waals surface area (Å²) in [6, 6.07) is 2.65. The second kappa shape index (κ2) is 5.22. The molecule has 0 bridgehead atoms. The lowest BCUT2D eigenvalue weighted by molar-refractivity contribution is 0.317. The number of hydrogen-bond donors (Lipinski definition) is 1. The highest BCUT2D eigenvalue weighted by Crippen LogP contribution is 2.31. The normalized spacial score (nSPS) is 24.3. The molecule has 4 heteroatoms. The van der Waals surface area contributed by atoms with Gasteiger partial charge in [-0.25, -0.2) is 9.97 Å². The zero-order valence-electron chi connectivity index (χ0n) is 10.7. The molecule has 0 spiro atoms. The number of rotatable bonds is 3. The molecule has 3 nitrogen and oxygen atoms in total. The molecule has 2 unspecified atom stereocenters. The highest BCUT2D eigenvalue weighted by Gasteiger charge is 2.24. The van der Waals surface area contributed by atoms with Gasteiger partial charge >= 0.3 is 0 Å². The van der Waals surface area contributed by atoms with Gasteiger partial charge in [0.15, 0.2) is 0 Å². The summed E-state index contributed by atoms with van der Waals surface area (Å²) in [5, 5.41) is 5.76. The molecule has 1 aliphatic carbocycles. The number of nitrogens with one attached hydrogen (secondary N) is 1. The molecule has 1 fully saturated rings. The van der Waals surface area contributed by atoms with Gasteiger partial charge in [-0.05, 0) is 30.2 Å². The van der Waals surface area contributed by atoms with E-state index in [9.17, 15) is 0 Å². The van der Waals surface area contributed by atoms with E-state index in [2.05, 4.69) is 33.7 Å². The summed E-state index contributed by atoms with van der Waals surface area (Å²) < 4.78 is 1.19. The first-order valence-electron chi connectivity index (χ1n) is 6.83. The Morgan fingerprint density at radius 2 is 2.22 bits per heavy atom. The molecule has 2 aromatic heterocycles. The van der Waals surface area contributed by atoms with Gasteiger partial charge in [-0.1, -0.05) is 26.2 Å². The van der Waals surface area contributed by atoms with Crippen molar-refractivity contribution >= 4 is 27.4 Å². The van der Waals surface area contributed by atoms with Crippen LogP contribution in [0.5, 0.6) is 0 Å². The van der Waals surface area contributed by atoms with Crippen molar-refractivity contribution in [2.75, 3.05) is 5.32 Å². The topological polar surface area (TPSA) is 37.8 Å². The Morgan fingerprint density at radius 3 is 3.11 bits per heavy atom. The maximum absolute atomic E-state index is 4.43. The summed E-state index contributed by atoms with van der Waals surface area (Å²) >= 11 is 1.72. The third-order valence-electron chi connectivity index (χ3n) is 4.00. The van der Waals surface area contributed by atoms with Gasteiger partial charge in [0, 0.05) is 6.04 Å². The SMILES string of the molecule is CCC1CCCCC1Nc1ncnc2ccsc12. The fourth-order valence-corrected chi connectivity index (χ4v) is 3.75. The van der Waals surface area contributed by atoms with Gasteiger partial charge in [-0.3, -0.25) is 0 Å². The van der Waals surface area contributed by atoms with Crippen LogP contribution >= 0.6 is 11.3 Å². The summed E-state index contributed by atoms with van der Waals surface area (Å²) in [5.41, 5.74) is 1.06. The number of fused-ring (bicyclic) bond motifs is 1. The van der Waals surface area contributed by atoms with Crippen molar-refractivity contribution in [3.63, 3.8) is 0 Å². The zero-order valence-corrected chi connectivity index (χ0v) is 11.5. The fraction of sp³-hybridized carbons (Fsp3) is 0.571. The first-order chi connectivity index (χ1) is 8.88. The van der Waals surface area contributed by atoms with Gasteiger partial charge in [-0.15, -0.1) is 11.3 Å². The predicted molar refractivity (Wildman–Crippen MR) is 77.1 cm³/mol. The number of thiophene rings is 1. The second-order valence-corrected chi connectivity index (χ2v) is 5.98. The Bertz CT molecular complexity index is 522. The van der Waals surface area contributed by atoms with E-state index in [1.165, 1.54) is 36.8 Å². The van der Waals surface area contributed by atoms with Crippen LogP contribution in [0.4, 0.5) is 5.82 Å². The average molecular weight is 261 g/mol. The van der Waals surface area contributed by atoms with Crippen LogP contribution in [-0.2, 0) is 0 Å². The van der Waals surface area contributed by atoms with Crippen LogP contribution in [0.3, 0.4) is 0 Å². The lowest BCUT2D eigenvalue weighted by Gasteiger charge is -2.31. The van der Waals surface area contributed by atoms with E-state index in [1.807, 2.05) is 0 Å². The molecule has 96 valence electrons. The van der Waals surface area contributed by atoms with Crippen molar-refractivity contribution in [3.05, 3.63) is 17.8 Å². The van der Waals surface area contributed by atoms with Gasteiger partial charge < -0.3 is 5.32 Å². The molecule has 0 radical (unpaired) electrons. The van der Waals surface area contributed by atoms with Gasteiger partial charge in [-0.2, -0.15) is 0 Å². The van der Waals surface area contributed by atoms with E-state index < -0.39 is 0 Å². The molecule has 0 aromatic carbocycles. The van der Waals surface area contributed by atoms with Crippen molar-refractivity contribution in [1.82, 2.24) is 9.97 Å². The van der Waals surface area contributed by atoms with Crippen LogP contribution in [0.25, 0.3) is 10.2 Å². The summed E-state index contributed by atoms with van der Waals surface area (Å²) in [6.07, 6.45) is 8.28. The summed E-state index contributed by atoms with van der Waals surface area (Å²) in [7, 11) is 0. The van der Waals surface area contributed by atoms with E-state index in [4.69, 9.17) is 0 Å². The molecule has 0 aliphatic heterocycles. The molecule has 0 amide bonds. The first kappa shape index (κ1) is 11.9. The fourth-order valence-electron chi connectivity index (χ4n) is 2.95. The summed E-state index contributed by atoms with van der Waals surface area (Å²) in [4.78, 5) is 8.72. The van der Waals surface area contributed by atoms with Crippen molar-refractivity contribution in [3.8, 4) is 0 Å². The van der Waals surface area contributed by atoms with E-state index in [-0.39, 0.29) is 0 Å². The summed E-state index contributed by atoms with van der Waals surface area (Å²) in [5.74, 6) is 1.82. The van der Waals surface area contributed by atoms with Gasteiger partial charge in [0.05, 0.1) is 10.2 Å². The van der Waals surface area contributed by atoms with Crippen molar-refractivity contribution in [2.24, 2.45) is 5.92 Å². The van der Waals surface area contributed by atoms with Crippen molar-refractivity contribution in [2.45, 2.75) is 45.1 Å². The first-order valence-corrected chi connectivity index (χ1v) is 7.71. The Hall–Kier alpha value is -1.16. The van der Waals surface area contributed by atoms with Crippen LogP contribution in [0.1, 0.15) is 39.0 Å². The van der Waals surface area contributed by atoms with Crippen LogP contribution in [0.15, 0.2) is 17.8 Å². The summed E-state index contributed by atoms with van der Waals surface area (Å²) in [6.45, 7) is 2.30. The Balaban J connectivity index is 1.84. The molecular weight excluding hydrogens is 242 g/mol.